The molecule has 1 amide bonds. The number of carbonyl (C=O) groups is 2. The summed E-state index contributed by atoms with van der Waals surface area (Å²) in [4.78, 5) is 24.8. The van der Waals surface area contributed by atoms with E-state index in [0.717, 1.165) is 12.8 Å². The molecule has 1 N–H and O–H groups in total. The fourth-order valence-electron chi connectivity index (χ4n) is 3.46. The Morgan fingerprint density at radius 3 is 2.55 bits per heavy atom. The van der Waals surface area contributed by atoms with Crippen LogP contribution in [-0.4, -0.2) is 24.6 Å². The first-order valence-electron chi connectivity index (χ1n) is 10.1. The second kappa shape index (κ2) is 9.79. The number of halogens is 1. The van der Waals surface area contributed by atoms with Crippen molar-refractivity contribution in [2.45, 2.75) is 52.1 Å². The van der Waals surface area contributed by atoms with Crippen molar-refractivity contribution in [1.82, 2.24) is 0 Å². The SMILES string of the molecule is CCOC(=O)c1cc(NC(=O)[C@H](CC)Oc2ccc3c(c2)CCCC3)ccc1Cl. The summed E-state index contributed by atoms with van der Waals surface area (Å²) < 4.78 is 11.0. The molecule has 6 heteroatoms. The summed E-state index contributed by atoms with van der Waals surface area (Å²) in [6.07, 6.45) is 4.44. The van der Waals surface area contributed by atoms with Gasteiger partial charge in [-0.1, -0.05) is 24.6 Å². The summed E-state index contributed by atoms with van der Waals surface area (Å²) >= 11 is 6.08. The average molecular weight is 416 g/mol. The highest BCUT2D eigenvalue weighted by Crippen LogP contribution is 2.27. The van der Waals surface area contributed by atoms with Crippen LogP contribution in [-0.2, 0) is 22.4 Å². The van der Waals surface area contributed by atoms with Gasteiger partial charge in [0.25, 0.3) is 5.91 Å². The zero-order valence-electron chi connectivity index (χ0n) is 16.8. The van der Waals surface area contributed by atoms with E-state index >= 15 is 0 Å². The number of aryl methyl sites for hydroxylation is 2. The lowest BCUT2D eigenvalue weighted by Gasteiger charge is -2.20. The van der Waals surface area contributed by atoms with Gasteiger partial charge in [-0.15, -0.1) is 0 Å². The van der Waals surface area contributed by atoms with E-state index in [0.29, 0.717) is 17.9 Å². The molecule has 0 saturated carbocycles. The van der Waals surface area contributed by atoms with Gasteiger partial charge in [-0.05, 0) is 80.5 Å². The van der Waals surface area contributed by atoms with Gasteiger partial charge in [-0.2, -0.15) is 0 Å². The Hall–Kier alpha value is -2.53. The molecule has 2 aromatic carbocycles. The Bertz CT molecular complexity index is 896. The highest BCUT2D eigenvalue weighted by Gasteiger charge is 2.21. The van der Waals surface area contributed by atoms with E-state index in [-0.39, 0.29) is 23.1 Å². The lowest BCUT2D eigenvalue weighted by Crippen LogP contribution is -2.32. The Morgan fingerprint density at radius 2 is 1.83 bits per heavy atom. The highest BCUT2D eigenvalue weighted by atomic mass is 35.5. The zero-order chi connectivity index (χ0) is 20.8. The number of rotatable bonds is 7. The minimum atomic E-state index is -0.640. The Labute approximate surface area is 176 Å². The van der Waals surface area contributed by atoms with Crippen LogP contribution in [0.5, 0.6) is 5.75 Å². The number of hydrogen-bond acceptors (Lipinski definition) is 4. The largest absolute Gasteiger partial charge is 0.481 e. The summed E-state index contributed by atoms with van der Waals surface area (Å²) in [5.41, 5.74) is 3.36. The molecule has 0 spiro atoms. The van der Waals surface area contributed by atoms with Gasteiger partial charge in [0.15, 0.2) is 6.10 Å². The van der Waals surface area contributed by atoms with Crippen LogP contribution in [0.4, 0.5) is 5.69 Å². The number of carbonyl (C=O) groups excluding carboxylic acids is 2. The van der Waals surface area contributed by atoms with E-state index in [4.69, 9.17) is 21.1 Å². The number of nitrogens with one attached hydrogen (secondary N) is 1. The molecule has 0 aromatic heterocycles. The van der Waals surface area contributed by atoms with E-state index in [9.17, 15) is 9.59 Å². The molecule has 1 atom stereocenters. The second-order valence-electron chi connectivity index (χ2n) is 7.06. The quantitative estimate of drug-likeness (QED) is 0.632. The molecule has 0 heterocycles. The van der Waals surface area contributed by atoms with Gasteiger partial charge in [0.2, 0.25) is 0 Å². The van der Waals surface area contributed by atoms with Crippen molar-refractivity contribution >= 4 is 29.2 Å². The summed E-state index contributed by atoms with van der Waals surface area (Å²) in [5.74, 6) is -0.0933. The van der Waals surface area contributed by atoms with Crippen LogP contribution in [0.15, 0.2) is 36.4 Å². The zero-order valence-corrected chi connectivity index (χ0v) is 17.6. The van der Waals surface area contributed by atoms with E-state index in [1.165, 1.54) is 30.0 Å². The lowest BCUT2D eigenvalue weighted by atomic mass is 9.92. The maximum absolute atomic E-state index is 12.7. The van der Waals surface area contributed by atoms with Crippen LogP contribution in [0.1, 0.15) is 54.6 Å². The van der Waals surface area contributed by atoms with E-state index in [1.54, 1.807) is 19.1 Å². The predicted molar refractivity (Wildman–Crippen MR) is 114 cm³/mol. The van der Waals surface area contributed by atoms with Crippen LogP contribution in [0.25, 0.3) is 0 Å². The van der Waals surface area contributed by atoms with E-state index in [1.807, 2.05) is 19.1 Å². The number of esters is 1. The number of hydrogen-bond donors (Lipinski definition) is 1. The molecule has 0 aliphatic heterocycles. The third kappa shape index (κ3) is 5.30. The number of ether oxygens (including phenoxy) is 2. The van der Waals surface area contributed by atoms with Gasteiger partial charge >= 0.3 is 5.97 Å². The smallest absolute Gasteiger partial charge is 0.339 e. The van der Waals surface area contributed by atoms with Gasteiger partial charge in [0, 0.05) is 5.69 Å². The van der Waals surface area contributed by atoms with Gasteiger partial charge in [0.05, 0.1) is 17.2 Å². The van der Waals surface area contributed by atoms with Crippen LogP contribution in [0, 0.1) is 0 Å². The molecule has 0 unspecified atom stereocenters. The molecule has 1 aliphatic rings. The number of fused-ring (bicyclic) bond motifs is 1. The van der Waals surface area contributed by atoms with Gasteiger partial charge in [-0.25, -0.2) is 4.79 Å². The van der Waals surface area contributed by atoms with Crippen LogP contribution in [0.2, 0.25) is 5.02 Å². The maximum atomic E-state index is 12.7. The molecule has 2 aromatic rings. The summed E-state index contributed by atoms with van der Waals surface area (Å²) in [7, 11) is 0. The maximum Gasteiger partial charge on any atom is 0.339 e. The van der Waals surface area contributed by atoms with Crippen molar-refractivity contribution in [2.75, 3.05) is 11.9 Å². The lowest BCUT2D eigenvalue weighted by molar-refractivity contribution is -0.122. The van der Waals surface area contributed by atoms with Crippen molar-refractivity contribution in [3.63, 3.8) is 0 Å². The average Bonchev–Trinajstić information content (AvgIpc) is 2.73. The summed E-state index contributed by atoms with van der Waals surface area (Å²) in [6.45, 7) is 3.87. The Morgan fingerprint density at radius 1 is 1.07 bits per heavy atom. The van der Waals surface area contributed by atoms with Crippen LogP contribution in [0.3, 0.4) is 0 Å². The monoisotopic (exact) mass is 415 g/mol. The Balaban J connectivity index is 1.70. The molecular weight excluding hydrogens is 390 g/mol. The normalized spacial score (nSPS) is 13.9. The fourth-order valence-corrected chi connectivity index (χ4v) is 3.66. The molecule has 5 nitrogen and oxygen atoms in total. The standard InChI is InChI=1S/C23H26ClNO4/c1-3-21(29-18-11-9-15-7-5-6-8-16(15)13-18)22(26)25-17-10-12-20(24)19(14-17)23(27)28-4-2/h9-14,21H,3-8H2,1-2H3,(H,25,26)/t21-/m0/s1. The van der Waals surface area contributed by atoms with Crippen molar-refractivity contribution in [2.24, 2.45) is 0 Å². The van der Waals surface area contributed by atoms with Crippen LogP contribution >= 0.6 is 11.6 Å². The molecule has 3 rings (SSSR count). The van der Waals surface area contributed by atoms with Gasteiger partial charge in [-0.3, -0.25) is 4.79 Å². The molecule has 0 radical (unpaired) electrons. The third-order valence-electron chi connectivity index (χ3n) is 4.99. The molecular formula is C23H26ClNO4. The minimum Gasteiger partial charge on any atom is -0.481 e. The first-order valence-corrected chi connectivity index (χ1v) is 10.5. The first kappa shape index (κ1) is 21.2. The number of anilines is 1. The number of benzene rings is 2. The minimum absolute atomic E-state index is 0.218. The Kier molecular flexibility index (Phi) is 7.15. The third-order valence-corrected chi connectivity index (χ3v) is 5.32. The predicted octanol–water partition coefficient (Wildman–Crippen LogP) is 5.19. The van der Waals surface area contributed by atoms with Gasteiger partial charge < -0.3 is 14.8 Å². The molecule has 0 saturated heterocycles. The highest BCUT2D eigenvalue weighted by molar-refractivity contribution is 6.33. The number of amides is 1. The molecule has 0 bridgehead atoms. The molecule has 1 aliphatic carbocycles. The van der Waals surface area contributed by atoms with Crippen molar-refractivity contribution in [1.29, 1.82) is 0 Å². The molecule has 154 valence electrons. The summed E-state index contributed by atoms with van der Waals surface area (Å²) in [5, 5.41) is 3.09. The first-order chi connectivity index (χ1) is 14.0. The van der Waals surface area contributed by atoms with Crippen molar-refractivity contribution < 1.29 is 19.1 Å². The van der Waals surface area contributed by atoms with E-state index < -0.39 is 12.1 Å². The van der Waals surface area contributed by atoms with Crippen molar-refractivity contribution in [3.8, 4) is 5.75 Å². The molecule has 0 fully saturated rings. The topological polar surface area (TPSA) is 64.6 Å². The van der Waals surface area contributed by atoms with E-state index in [2.05, 4.69) is 11.4 Å². The second-order valence-corrected chi connectivity index (χ2v) is 7.46. The fraction of sp³-hybridized carbons (Fsp3) is 0.391. The molecule has 29 heavy (non-hydrogen) atoms. The van der Waals surface area contributed by atoms with Crippen molar-refractivity contribution in [3.05, 3.63) is 58.1 Å². The van der Waals surface area contributed by atoms with Crippen LogP contribution < -0.4 is 10.1 Å². The summed E-state index contributed by atoms with van der Waals surface area (Å²) in [6, 6.07) is 10.8. The van der Waals surface area contributed by atoms with Gasteiger partial charge in [0.1, 0.15) is 5.75 Å².